The van der Waals surface area contributed by atoms with Gasteiger partial charge in [0.2, 0.25) is 0 Å². The molecule has 1 saturated carbocycles. The fourth-order valence-corrected chi connectivity index (χ4v) is 3.45. The van der Waals surface area contributed by atoms with Crippen molar-refractivity contribution in [3.63, 3.8) is 0 Å². The molecule has 0 bridgehead atoms. The van der Waals surface area contributed by atoms with Crippen LogP contribution in [0.5, 0.6) is 0 Å². The molecule has 2 fully saturated rings. The van der Waals surface area contributed by atoms with E-state index in [0.29, 0.717) is 5.69 Å². The number of likely N-dealkylation sites (tertiary alicyclic amines) is 1. The van der Waals surface area contributed by atoms with Crippen LogP contribution in [0.25, 0.3) is 5.57 Å². The van der Waals surface area contributed by atoms with E-state index in [1.165, 1.54) is 32.4 Å². The minimum atomic E-state index is 0.298. The molecule has 0 radical (unpaired) electrons. The summed E-state index contributed by atoms with van der Waals surface area (Å²) in [5, 5.41) is 2.84. The van der Waals surface area contributed by atoms with Gasteiger partial charge in [-0.2, -0.15) is 0 Å². The Labute approximate surface area is 114 Å². The van der Waals surface area contributed by atoms with Crippen LogP contribution in [0, 0.1) is 28.9 Å². The lowest BCUT2D eigenvalue weighted by Crippen LogP contribution is -2.23. The summed E-state index contributed by atoms with van der Waals surface area (Å²) in [6.45, 7) is 7.45. The second kappa shape index (κ2) is 5.14. The molecular formula is C16H18N2O. The van der Waals surface area contributed by atoms with Gasteiger partial charge in [0, 0.05) is 25.2 Å². The minimum Gasteiger partial charge on any atom is -0.298 e. The van der Waals surface area contributed by atoms with E-state index in [4.69, 9.17) is 0 Å². The molecule has 1 heterocycles. The number of nitrogens with zero attached hydrogens (tertiary/aromatic N) is 2. The zero-order valence-corrected chi connectivity index (χ0v) is 11.1. The van der Waals surface area contributed by atoms with E-state index in [1.807, 2.05) is 6.07 Å². The van der Waals surface area contributed by atoms with Crippen LogP contribution in [0.15, 0.2) is 23.9 Å². The Hall–Kier alpha value is -1.66. The van der Waals surface area contributed by atoms with Gasteiger partial charge in [-0.15, -0.1) is 4.91 Å². The Morgan fingerprint density at radius 1 is 1.32 bits per heavy atom. The molecule has 1 aliphatic heterocycles. The fourth-order valence-electron chi connectivity index (χ4n) is 3.45. The lowest BCUT2D eigenvalue weighted by Gasteiger charge is -2.17. The average Bonchev–Trinajstić information content (AvgIpc) is 2.99. The Morgan fingerprint density at radius 3 is 2.63 bits per heavy atom. The molecule has 2 unspecified atom stereocenters. The van der Waals surface area contributed by atoms with Crippen molar-refractivity contribution in [2.24, 2.45) is 17.0 Å². The monoisotopic (exact) mass is 254 g/mol. The van der Waals surface area contributed by atoms with E-state index in [-0.39, 0.29) is 0 Å². The van der Waals surface area contributed by atoms with Crippen molar-refractivity contribution < 1.29 is 0 Å². The summed E-state index contributed by atoms with van der Waals surface area (Å²) < 4.78 is 0. The molecule has 19 heavy (non-hydrogen) atoms. The largest absolute Gasteiger partial charge is 0.298 e. The van der Waals surface area contributed by atoms with Gasteiger partial charge >= 0.3 is 0 Å². The van der Waals surface area contributed by atoms with Gasteiger partial charge in [0.25, 0.3) is 0 Å². The fraction of sp³-hybridized carbons (Fsp3) is 0.500. The number of fused-ring (bicyclic) bond motifs is 1. The van der Waals surface area contributed by atoms with Crippen LogP contribution < -0.4 is 0 Å². The third-order valence-corrected chi connectivity index (χ3v) is 4.43. The summed E-state index contributed by atoms with van der Waals surface area (Å²) >= 11 is 0. The predicted molar refractivity (Wildman–Crippen MR) is 75.9 cm³/mol. The first-order valence-corrected chi connectivity index (χ1v) is 6.94. The van der Waals surface area contributed by atoms with Crippen LogP contribution in [-0.4, -0.2) is 24.5 Å². The highest BCUT2D eigenvalue weighted by atomic mass is 16.3. The van der Waals surface area contributed by atoms with E-state index in [1.54, 1.807) is 6.07 Å². The van der Waals surface area contributed by atoms with Crippen LogP contribution in [-0.2, 0) is 0 Å². The summed E-state index contributed by atoms with van der Waals surface area (Å²) in [6.07, 6.45) is 4.20. The number of hydrogen-bond donors (Lipinski definition) is 0. The van der Waals surface area contributed by atoms with Gasteiger partial charge in [0.15, 0.2) is 5.69 Å². The third kappa shape index (κ3) is 2.54. The zero-order valence-electron chi connectivity index (χ0n) is 11.1. The van der Waals surface area contributed by atoms with E-state index in [2.05, 4.69) is 28.8 Å². The first-order valence-electron chi connectivity index (χ1n) is 6.94. The predicted octanol–water partition coefficient (Wildman–Crippen LogP) is 3.43. The highest BCUT2D eigenvalue weighted by molar-refractivity contribution is 5.64. The van der Waals surface area contributed by atoms with Crippen LogP contribution in [0.2, 0.25) is 0 Å². The van der Waals surface area contributed by atoms with E-state index in [9.17, 15) is 4.91 Å². The molecule has 3 rings (SSSR count). The Morgan fingerprint density at radius 2 is 2.05 bits per heavy atom. The summed E-state index contributed by atoms with van der Waals surface area (Å²) in [4.78, 5) is 12.8. The van der Waals surface area contributed by atoms with Gasteiger partial charge in [-0.25, -0.2) is 0 Å². The lowest BCUT2D eigenvalue weighted by atomic mass is 10.0. The number of nitroso groups, excluding NO2 is 1. The topological polar surface area (TPSA) is 32.7 Å². The van der Waals surface area contributed by atoms with Crippen molar-refractivity contribution in [1.29, 1.82) is 0 Å². The lowest BCUT2D eigenvalue weighted by molar-refractivity contribution is 0.349. The molecule has 1 aromatic carbocycles. The van der Waals surface area contributed by atoms with Gasteiger partial charge in [0.1, 0.15) is 0 Å². The van der Waals surface area contributed by atoms with Crippen molar-refractivity contribution in [2.45, 2.75) is 19.3 Å². The third-order valence-electron chi connectivity index (χ3n) is 4.43. The second-order valence-electron chi connectivity index (χ2n) is 5.72. The molecule has 2 atom stereocenters. The maximum Gasteiger partial charge on any atom is 0.158 e. The first-order chi connectivity index (χ1) is 9.26. The van der Waals surface area contributed by atoms with Crippen LogP contribution in [0.3, 0.4) is 0 Å². The highest BCUT2D eigenvalue weighted by Gasteiger charge is 2.35. The van der Waals surface area contributed by atoms with Gasteiger partial charge in [-0.05, 0) is 53.6 Å². The van der Waals surface area contributed by atoms with E-state index < -0.39 is 0 Å². The summed E-state index contributed by atoms with van der Waals surface area (Å²) in [5.41, 5.74) is 2.28. The molecule has 0 amide bonds. The smallest absolute Gasteiger partial charge is 0.158 e. The molecular weight excluding hydrogens is 236 g/mol. The van der Waals surface area contributed by atoms with Crippen molar-refractivity contribution in [3.05, 3.63) is 41.3 Å². The normalized spacial score (nSPS) is 25.9. The minimum absolute atomic E-state index is 0.298. The van der Waals surface area contributed by atoms with Crippen molar-refractivity contribution >= 4 is 11.3 Å². The van der Waals surface area contributed by atoms with Gasteiger partial charge in [-0.1, -0.05) is 19.1 Å². The van der Waals surface area contributed by atoms with Crippen LogP contribution in [0.4, 0.5) is 5.69 Å². The molecule has 0 aromatic heterocycles. The highest BCUT2D eigenvalue weighted by Crippen LogP contribution is 2.38. The molecule has 0 N–H and O–H groups in total. The summed E-state index contributed by atoms with van der Waals surface area (Å²) in [7, 11) is 0. The standard InChI is InChI=1S/C16H18N2O/c1-12(13-5-7-16(17-19)8-6-13)9-18-10-14-3-2-4-15(14)11-18/h5,7,14-15H,1-4,9-11H2. The van der Waals surface area contributed by atoms with Gasteiger partial charge in [-0.3, -0.25) is 4.90 Å². The molecule has 2 aliphatic rings. The molecule has 3 heteroatoms. The van der Waals surface area contributed by atoms with Crippen molar-refractivity contribution in [3.8, 4) is 0 Å². The molecule has 1 aromatic rings. The quantitative estimate of drug-likeness (QED) is 0.771. The van der Waals surface area contributed by atoms with Crippen LogP contribution >= 0.6 is 0 Å². The van der Waals surface area contributed by atoms with E-state index in [0.717, 1.165) is 29.5 Å². The molecule has 1 aliphatic carbocycles. The Kier molecular flexibility index (Phi) is 3.35. The first kappa shape index (κ1) is 12.4. The average molecular weight is 254 g/mol. The summed E-state index contributed by atoms with van der Waals surface area (Å²) in [6, 6.07) is 9.24. The second-order valence-corrected chi connectivity index (χ2v) is 5.72. The molecule has 1 saturated heterocycles. The Bertz CT molecular complexity index is 468. The van der Waals surface area contributed by atoms with Gasteiger partial charge < -0.3 is 0 Å². The maximum absolute atomic E-state index is 10.3. The zero-order chi connectivity index (χ0) is 13.2. The Balaban J connectivity index is 1.60. The molecule has 0 spiro atoms. The van der Waals surface area contributed by atoms with Crippen molar-refractivity contribution in [2.75, 3.05) is 19.6 Å². The molecule has 3 nitrogen and oxygen atoms in total. The maximum atomic E-state index is 10.3. The van der Waals surface area contributed by atoms with Crippen molar-refractivity contribution in [1.82, 2.24) is 4.90 Å². The van der Waals surface area contributed by atoms with Gasteiger partial charge in [0.05, 0.1) is 0 Å². The van der Waals surface area contributed by atoms with Crippen LogP contribution in [0.1, 0.15) is 24.8 Å². The number of rotatable bonds is 4. The SMILES string of the molecule is C=C(CN1CC2CCCC2C1)c1c#cc(N=O)cc1. The summed E-state index contributed by atoms with van der Waals surface area (Å²) in [5.74, 6) is 1.81. The molecule has 98 valence electrons. The van der Waals surface area contributed by atoms with E-state index >= 15 is 0 Å². The number of hydrogen-bond acceptors (Lipinski definition) is 3.